The maximum absolute atomic E-state index is 4.11. The summed E-state index contributed by atoms with van der Waals surface area (Å²) < 4.78 is 0. The van der Waals surface area contributed by atoms with Crippen LogP contribution < -0.4 is 0 Å². The van der Waals surface area contributed by atoms with E-state index in [2.05, 4.69) is 15.0 Å². The summed E-state index contributed by atoms with van der Waals surface area (Å²) in [6, 6.07) is 0. The van der Waals surface area contributed by atoms with Gasteiger partial charge in [0.25, 0.3) is 0 Å². The van der Waals surface area contributed by atoms with Crippen molar-refractivity contribution in [2.75, 3.05) is 13.1 Å². The molecule has 0 atom stereocenters. The number of hydrogen-bond donors (Lipinski definition) is 0. The first-order chi connectivity index (χ1) is 4.47. The van der Waals surface area contributed by atoms with E-state index in [0.717, 1.165) is 19.0 Å². The molecular weight excluding hydrogens is 116 g/mol. The molecule has 0 N–H and O–H groups in total. The summed E-state index contributed by atoms with van der Waals surface area (Å²) in [4.78, 5) is 13.8. The fraction of sp³-hybridized carbons (Fsp3) is 0.400. The summed E-state index contributed by atoms with van der Waals surface area (Å²) in [7, 11) is 0. The number of nitrogens with zero attached hydrogens (tertiary/aromatic N) is 4. The zero-order valence-electron chi connectivity index (χ0n) is 4.86. The number of rotatable bonds is 0. The molecule has 0 spiro atoms. The maximum Gasteiger partial charge on any atom is 0.227 e. The van der Waals surface area contributed by atoms with Crippen LogP contribution in [-0.4, -0.2) is 36.6 Å². The van der Waals surface area contributed by atoms with E-state index < -0.39 is 0 Å². The summed E-state index contributed by atoms with van der Waals surface area (Å²) in [5.74, 6) is 0.796. The molecule has 0 radical (unpaired) electrons. The van der Waals surface area contributed by atoms with Crippen LogP contribution in [0.15, 0.2) is 15.0 Å². The Morgan fingerprint density at radius 2 is 2.56 bits per heavy atom. The minimum Gasteiger partial charge on any atom is -0.299 e. The molecule has 0 aliphatic carbocycles. The summed E-state index contributed by atoms with van der Waals surface area (Å²) >= 11 is 0. The summed E-state index contributed by atoms with van der Waals surface area (Å²) in [5, 5.41) is 0. The van der Waals surface area contributed by atoms with Crippen molar-refractivity contribution in [2.24, 2.45) is 15.0 Å². The molecule has 0 aromatic rings. The highest BCUT2D eigenvalue weighted by molar-refractivity contribution is 6.00. The van der Waals surface area contributed by atoms with Gasteiger partial charge in [0.05, 0.1) is 12.9 Å². The van der Waals surface area contributed by atoms with Crippen LogP contribution in [0, 0.1) is 0 Å². The molecule has 0 saturated heterocycles. The van der Waals surface area contributed by atoms with Crippen LogP contribution in [0.3, 0.4) is 0 Å². The second-order valence-electron chi connectivity index (χ2n) is 1.88. The summed E-state index contributed by atoms with van der Waals surface area (Å²) in [6.07, 6.45) is 3.26. The normalized spacial score (nSPS) is 22.2. The van der Waals surface area contributed by atoms with Crippen molar-refractivity contribution in [3.05, 3.63) is 0 Å². The second-order valence-corrected chi connectivity index (χ2v) is 1.88. The Bertz CT molecular complexity index is 200. The number of aliphatic imine (C=N–C) groups is 3. The highest BCUT2D eigenvalue weighted by Crippen LogP contribution is 2.01. The van der Waals surface area contributed by atoms with Crippen LogP contribution in [0.5, 0.6) is 0 Å². The van der Waals surface area contributed by atoms with Crippen molar-refractivity contribution in [3.63, 3.8) is 0 Å². The van der Waals surface area contributed by atoms with Crippen LogP contribution in [-0.2, 0) is 0 Å². The Hall–Kier alpha value is -1.19. The smallest absolute Gasteiger partial charge is 0.227 e. The van der Waals surface area contributed by atoms with Gasteiger partial charge >= 0.3 is 0 Å². The number of guanidine groups is 1. The fourth-order valence-electron chi connectivity index (χ4n) is 0.868. The Morgan fingerprint density at radius 3 is 3.44 bits per heavy atom. The lowest BCUT2D eigenvalue weighted by Gasteiger charge is -2.11. The Labute approximate surface area is 52.6 Å². The average Bonchev–Trinajstić information content (AvgIpc) is 2.33. The van der Waals surface area contributed by atoms with Gasteiger partial charge in [-0.2, -0.15) is 0 Å². The third-order valence-corrected chi connectivity index (χ3v) is 1.30. The van der Waals surface area contributed by atoms with Gasteiger partial charge in [0.1, 0.15) is 6.34 Å². The zero-order valence-corrected chi connectivity index (χ0v) is 4.86. The standard InChI is InChI=1S/C5H6N4/c1-2-9-4-6-3-8-5(9)7-1/h3-4H,1-2H2. The molecule has 2 aliphatic heterocycles. The molecule has 0 aromatic heterocycles. The van der Waals surface area contributed by atoms with Gasteiger partial charge in [0.2, 0.25) is 5.96 Å². The molecule has 0 bridgehead atoms. The highest BCUT2D eigenvalue weighted by atomic mass is 15.3. The van der Waals surface area contributed by atoms with Gasteiger partial charge in [-0.15, -0.1) is 0 Å². The molecule has 46 valence electrons. The predicted octanol–water partition coefficient (Wildman–Crippen LogP) is -0.272. The molecule has 4 heteroatoms. The minimum absolute atomic E-state index is 0.796. The van der Waals surface area contributed by atoms with Gasteiger partial charge in [-0.3, -0.25) is 4.90 Å². The monoisotopic (exact) mass is 122 g/mol. The Morgan fingerprint density at radius 1 is 1.56 bits per heavy atom. The van der Waals surface area contributed by atoms with Gasteiger partial charge in [0, 0.05) is 6.54 Å². The topological polar surface area (TPSA) is 40.3 Å². The van der Waals surface area contributed by atoms with Gasteiger partial charge in [-0.1, -0.05) is 0 Å². The lowest BCUT2D eigenvalue weighted by Crippen LogP contribution is -2.26. The number of fused-ring (bicyclic) bond motifs is 1. The first-order valence-corrected chi connectivity index (χ1v) is 2.84. The van der Waals surface area contributed by atoms with Crippen molar-refractivity contribution in [1.82, 2.24) is 4.90 Å². The quantitative estimate of drug-likeness (QED) is 0.436. The van der Waals surface area contributed by atoms with Crippen molar-refractivity contribution in [3.8, 4) is 0 Å². The van der Waals surface area contributed by atoms with Crippen LogP contribution in [0.1, 0.15) is 0 Å². The first kappa shape index (κ1) is 4.67. The molecule has 0 fully saturated rings. The predicted molar refractivity (Wildman–Crippen MR) is 36.0 cm³/mol. The van der Waals surface area contributed by atoms with E-state index >= 15 is 0 Å². The molecule has 0 amide bonds. The molecule has 2 aliphatic rings. The van der Waals surface area contributed by atoms with Crippen molar-refractivity contribution >= 4 is 18.6 Å². The zero-order chi connectivity index (χ0) is 6.10. The highest BCUT2D eigenvalue weighted by Gasteiger charge is 2.14. The first-order valence-electron chi connectivity index (χ1n) is 2.84. The summed E-state index contributed by atoms with van der Waals surface area (Å²) in [5.41, 5.74) is 0. The third-order valence-electron chi connectivity index (χ3n) is 1.30. The van der Waals surface area contributed by atoms with Crippen LogP contribution in [0.25, 0.3) is 0 Å². The molecule has 0 unspecified atom stereocenters. The van der Waals surface area contributed by atoms with E-state index in [0.29, 0.717) is 0 Å². The molecule has 9 heavy (non-hydrogen) atoms. The molecule has 2 heterocycles. The lowest BCUT2D eigenvalue weighted by molar-refractivity contribution is 0.676. The molecule has 0 saturated carbocycles. The largest absolute Gasteiger partial charge is 0.299 e. The van der Waals surface area contributed by atoms with Crippen molar-refractivity contribution in [2.45, 2.75) is 0 Å². The van der Waals surface area contributed by atoms with Gasteiger partial charge < -0.3 is 0 Å². The van der Waals surface area contributed by atoms with Crippen LogP contribution in [0.2, 0.25) is 0 Å². The van der Waals surface area contributed by atoms with Crippen LogP contribution >= 0.6 is 0 Å². The summed E-state index contributed by atoms with van der Waals surface area (Å²) in [6.45, 7) is 1.77. The minimum atomic E-state index is 0.796. The Balaban J connectivity index is 2.33. The van der Waals surface area contributed by atoms with Gasteiger partial charge in [-0.05, 0) is 0 Å². The average molecular weight is 122 g/mol. The molecule has 4 nitrogen and oxygen atoms in total. The van der Waals surface area contributed by atoms with E-state index in [-0.39, 0.29) is 0 Å². The van der Waals surface area contributed by atoms with Crippen molar-refractivity contribution in [1.29, 1.82) is 0 Å². The fourth-order valence-corrected chi connectivity index (χ4v) is 0.868. The van der Waals surface area contributed by atoms with E-state index in [1.54, 1.807) is 6.34 Å². The van der Waals surface area contributed by atoms with Crippen LogP contribution in [0.4, 0.5) is 0 Å². The third kappa shape index (κ3) is 0.630. The molecular formula is C5H6N4. The lowest BCUT2D eigenvalue weighted by atomic mass is 10.6. The van der Waals surface area contributed by atoms with Gasteiger partial charge in [-0.25, -0.2) is 15.0 Å². The maximum atomic E-state index is 4.11. The number of hydrogen-bond acceptors (Lipinski definition) is 4. The van der Waals surface area contributed by atoms with E-state index in [1.165, 1.54) is 6.34 Å². The van der Waals surface area contributed by atoms with E-state index in [1.807, 2.05) is 4.90 Å². The van der Waals surface area contributed by atoms with Crippen molar-refractivity contribution < 1.29 is 0 Å². The molecule has 0 aromatic carbocycles. The van der Waals surface area contributed by atoms with E-state index in [9.17, 15) is 0 Å². The SMILES string of the molecule is C1=NC=NC2=NCCN12. The molecule has 2 rings (SSSR count). The second kappa shape index (κ2) is 1.65. The van der Waals surface area contributed by atoms with Gasteiger partial charge in [0.15, 0.2) is 0 Å². The van der Waals surface area contributed by atoms with E-state index in [4.69, 9.17) is 0 Å². The Kier molecular flexibility index (Phi) is 0.855.